The van der Waals surface area contributed by atoms with Crippen LogP contribution in [-0.4, -0.2) is 61.2 Å². The smallest absolute Gasteiger partial charge is 0.384 e. The number of carbonyl (C=O) groups excluding carboxylic acids is 2. The molecule has 3 aromatic carbocycles. The lowest BCUT2D eigenvalue weighted by molar-refractivity contribution is -0.414. The Morgan fingerprint density at radius 3 is 1.58 bits per heavy atom. The summed E-state index contributed by atoms with van der Waals surface area (Å²) in [4.78, 5) is 24.7. The molecule has 0 saturated heterocycles. The maximum absolute atomic E-state index is 14.0. The zero-order chi connectivity index (χ0) is 39.0. The number of carbonyl (C=O) groups is 2. The van der Waals surface area contributed by atoms with Gasteiger partial charge in [-0.2, -0.15) is 43.9 Å². The van der Waals surface area contributed by atoms with Crippen LogP contribution in [0.2, 0.25) is 0 Å². The van der Waals surface area contributed by atoms with Gasteiger partial charge >= 0.3 is 48.0 Å². The normalized spacial score (nSPS) is 12.9. The summed E-state index contributed by atoms with van der Waals surface area (Å²) in [6.45, 7) is -0.287. The molecule has 0 heterocycles. The third-order valence-electron chi connectivity index (χ3n) is 7.70. The van der Waals surface area contributed by atoms with Crippen molar-refractivity contribution in [2.75, 3.05) is 13.2 Å². The topological polar surface area (TPSA) is 61.8 Å². The monoisotopic (exact) mass is 760 g/mol. The van der Waals surface area contributed by atoms with Crippen LogP contribution in [-0.2, 0) is 4.74 Å². The van der Waals surface area contributed by atoms with E-state index in [0.29, 0.717) is 12.4 Å². The molecular weight excluding hydrogens is 728 g/mol. The molecule has 3 rings (SSSR count). The van der Waals surface area contributed by atoms with E-state index in [1.807, 2.05) is 24.3 Å². The predicted molar refractivity (Wildman–Crippen MR) is 163 cm³/mol. The van der Waals surface area contributed by atoms with Gasteiger partial charge in [0.15, 0.2) is 6.61 Å². The number of rotatable bonds is 19. The molecule has 0 spiro atoms. The Balaban J connectivity index is 1.55. The highest BCUT2D eigenvalue weighted by molar-refractivity contribution is 5.92. The Bertz CT molecular complexity index is 1610. The first kappa shape index (κ1) is 42.0. The van der Waals surface area contributed by atoms with Crippen molar-refractivity contribution in [1.82, 2.24) is 0 Å². The zero-order valence-corrected chi connectivity index (χ0v) is 27.2. The average molecular weight is 761 g/mol. The van der Waals surface area contributed by atoms with E-state index in [-0.39, 0.29) is 11.3 Å². The molecule has 0 aliphatic heterocycles. The van der Waals surface area contributed by atoms with Crippen molar-refractivity contribution < 1.29 is 76.5 Å². The highest BCUT2D eigenvalue weighted by Gasteiger charge is 2.87. The molecule has 0 fully saturated rings. The van der Waals surface area contributed by atoms with Crippen molar-refractivity contribution in [3.8, 4) is 22.6 Å². The highest BCUT2D eigenvalue weighted by Crippen LogP contribution is 2.58. The molecule has 0 aliphatic rings. The van der Waals surface area contributed by atoms with Crippen molar-refractivity contribution in [2.45, 2.75) is 81.5 Å². The molecule has 52 heavy (non-hydrogen) atoms. The lowest BCUT2D eigenvalue weighted by Gasteiger charge is -2.38. The Labute approximate surface area is 289 Å². The zero-order valence-electron chi connectivity index (χ0n) is 27.2. The van der Waals surface area contributed by atoms with E-state index in [2.05, 4.69) is 11.7 Å². The molecule has 0 N–H and O–H groups in total. The van der Waals surface area contributed by atoms with Crippen LogP contribution in [0.5, 0.6) is 11.5 Å². The summed E-state index contributed by atoms with van der Waals surface area (Å²) in [5, 5.41) is 0. The standard InChI is InChI=1S/C35H32F12O5/c1-2-3-4-5-6-7-20-50-26-16-12-23(13-17-26)22-8-10-25(11-9-22)29(49)52-27-18-14-24(15-19-27)28(48)51-21-31(38,39)33(42,43)35(46,47)34(44,45)32(40,41)30(36)37/h8-19,30H,2-7,20-21H2,1H3. The van der Waals surface area contributed by atoms with Crippen LogP contribution >= 0.6 is 0 Å². The van der Waals surface area contributed by atoms with Gasteiger partial charge in [-0.05, 0) is 66.1 Å². The average Bonchev–Trinajstić information content (AvgIpc) is 3.10. The third kappa shape index (κ3) is 9.31. The predicted octanol–water partition coefficient (Wildman–Crippen LogP) is 10.9. The van der Waals surface area contributed by atoms with E-state index < -0.39 is 60.1 Å². The summed E-state index contributed by atoms with van der Waals surface area (Å²) in [5.74, 6) is -38.7. The lowest BCUT2D eigenvalue weighted by atomic mass is 9.94. The van der Waals surface area contributed by atoms with Gasteiger partial charge in [0.25, 0.3) is 0 Å². The summed E-state index contributed by atoms with van der Waals surface area (Å²) in [6.07, 6.45) is 1.20. The number of alkyl halides is 12. The number of esters is 2. The fourth-order valence-electron chi connectivity index (χ4n) is 4.54. The van der Waals surface area contributed by atoms with Gasteiger partial charge in [-0.1, -0.05) is 63.3 Å². The Hall–Kier alpha value is -4.44. The largest absolute Gasteiger partial charge is 0.494 e. The molecule has 0 bridgehead atoms. The summed E-state index contributed by atoms with van der Waals surface area (Å²) >= 11 is 0. The van der Waals surface area contributed by atoms with Crippen LogP contribution in [0.1, 0.15) is 66.2 Å². The van der Waals surface area contributed by atoms with E-state index in [1.165, 1.54) is 37.8 Å². The molecule has 5 nitrogen and oxygen atoms in total. The van der Waals surface area contributed by atoms with Crippen molar-refractivity contribution in [3.63, 3.8) is 0 Å². The van der Waals surface area contributed by atoms with Crippen LogP contribution < -0.4 is 9.47 Å². The van der Waals surface area contributed by atoms with Crippen molar-refractivity contribution in [3.05, 3.63) is 83.9 Å². The van der Waals surface area contributed by atoms with Crippen molar-refractivity contribution in [1.29, 1.82) is 0 Å². The quantitative estimate of drug-likeness (QED) is 0.0527. The summed E-state index contributed by atoms with van der Waals surface area (Å²) in [5.41, 5.74) is 0.955. The fraction of sp³-hybridized carbons (Fsp3) is 0.429. The second kappa shape index (κ2) is 16.9. The molecule has 0 amide bonds. The molecular formula is C35H32F12O5. The number of ether oxygens (including phenoxy) is 3. The van der Waals surface area contributed by atoms with Gasteiger partial charge in [-0.25, -0.2) is 18.4 Å². The van der Waals surface area contributed by atoms with Crippen molar-refractivity contribution >= 4 is 11.9 Å². The number of hydrogen-bond donors (Lipinski definition) is 0. The summed E-state index contributed by atoms with van der Waals surface area (Å²) in [6, 6.07) is 16.9. The second-order valence-electron chi connectivity index (χ2n) is 11.6. The maximum Gasteiger partial charge on any atom is 0.384 e. The summed E-state index contributed by atoms with van der Waals surface area (Å²) < 4.78 is 175. The van der Waals surface area contributed by atoms with E-state index in [9.17, 15) is 62.3 Å². The van der Waals surface area contributed by atoms with Gasteiger partial charge in [0.05, 0.1) is 17.7 Å². The van der Waals surface area contributed by atoms with E-state index >= 15 is 0 Å². The molecule has 0 saturated carbocycles. The second-order valence-corrected chi connectivity index (χ2v) is 11.6. The Morgan fingerprint density at radius 2 is 1.04 bits per heavy atom. The molecule has 0 aliphatic carbocycles. The van der Waals surface area contributed by atoms with Gasteiger partial charge < -0.3 is 14.2 Å². The number of halogens is 12. The number of benzene rings is 3. The van der Waals surface area contributed by atoms with Crippen molar-refractivity contribution in [2.24, 2.45) is 0 Å². The first-order valence-electron chi connectivity index (χ1n) is 15.7. The van der Waals surface area contributed by atoms with Gasteiger partial charge in [0, 0.05) is 0 Å². The van der Waals surface area contributed by atoms with Gasteiger partial charge in [-0.3, -0.25) is 0 Å². The molecule has 286 valence electrons. The Morgan fingerprint density at radius 1 is 0.577 bits per heavy atom. The minimum atomic E-state index is -7.74. The van der Waals surface area contributed by atoms with E-state index in [4.69, 9.17) is 9.47 Å². The van der Waals surface area contributed by atoms with Gasteiger partial charge in [-0.15, -0.1) is 0 Å². The van der Waals surface area contributed by atoms with Crippen LogP contribution in [0.3, 0.4) is 0 Å². The molecule has 0 radical (unpaired) electrons. The molecule has 17 heteroatoms. The van der Waals surface area contributed by atoms with E-state index in [1.54, 1.807) is 12.1 Å². The molecule has 3 aromatic rings. The fourth-order valence-corrected chi connectivity index (χ4v) is 4.54. The minimum Gasteiger partial charge on any atom is -0.494 e. The molecule has 0 unspecified atom stereocenters. The van der Waals surface area contributed by atoms with Gasteiger partial charge in [0.1, 0.15) is 11.5 Å². The SMILES string of the molecule is CCCCCCCCOc1ccc(-c2ccc(C(=O)Oc3ccc(C(=O)OCC(F)(F)C(F)(F)C(F)(F)C(F)(F)C(F)(F)C(F)F)cc3)cc2)cc1. The molecule has 0 aromatic heterocycles. The summed E-state index contributed by atoms with van der Waals surface area (Å²) in [7, 11) is 0. The number of hydrogen-bond acceptors (Lipinski definition) is 5. The number of unbranched alkanes of at least 4 members (excludes halogenated alkanes) is 5. The Kier molecular flexibility index (Phi) is 13.7. The van der Waals surface area contributed by atoms with Crippen LogP contribution in [0.25, 0.3) is 11.1 Å². The van der Waals surface area contributed by atoms with E-state index in [0.717, 1.165) is 48.2 Å². The first-order chi connectivity index (χ1) is 24.2. The maximum atomic E-state index is 14.0. The lowest BCUT2D eigenvalue weighted by Crippen LogP contribution is -2.69. The third-order valence-corrected chi connectivity index (χ3v) is 7.70. The van der Waals surface area contributed by atoms with Crippen LogP contribution in [0, 0.1) is 0 Å². The van der Waals surface area contributed by atoms with Crippen LogP contribution in [0.15, 0.2) is 72.8 Å². The minimum absolute atomic E-state index is 0.0861. The molecule has 0 atom stereocenters. The van der Waals surface area contributed by atoms with Gasteiger partial charge in [0.2, 0.25) is 0 Å². The van der Waals surface area contributed by atoms with Crippen LogP contribution in [0.4, 0.5) is 52.7 Å². The highest BCUT2D eigenvalue weighted by atomic mass is 19.4. The first-order valence-corrected chi connectivity index (χ1v) is 15.7.